The number of anilines is 1. The Morgan fingerprint density at radius 2 is 1.91 bits per heavy atom. The highest BCUT2D eigenvalue weighted by atomic mass is 31.2. The van der Waals surface area contributed by atoms with Gasteiger partial charge in [0.05, 0.1) is 19.0 Å². The number of hydrogen-bond donors (Lipinski definition) is 4. The Labute approximate surface area is 257 Å². The molecule has 0 aliphatic carbocycles. The van der Waals surface area contributed by atoms with E-state index in [1.807, 2.05) is 0 Å². The number of halogens is 4. The Hall–Kier alpha value is -4.09. The lowest BCUT2D eigenvalue weighted by Crippen LogP contribution is -2.57. The van der Waals surface area contributed by atoms with Gasteiger partial charge in [0.2, 0.25) is 11.5 Å². The molecule has 2 aromatic carbocycles. The van der Waals surface area contributed by atoms with E-state index in [1.165, 1.54) is 19.1 Å². The summed E-state index contributed by atoms with van der Waals surface area (Å²) in [7, 11) is -5.01. The molecule has 1 fully saturated rings. The Balaban J connectivity index is 1.52. The first kappa shape index (κ1) is 33.3. The van der Waals surface area contributed by atoms with E-state index in [4.69, 9.17) is 24.3 Å². The SMILES string of the molecule is CC(C)OC(=O)[C@H](C)NP(=O)(OC[C@@]1(C(F)F)O[C@@H](n2cnc3c(=O)[nH]c(N)nc32)[C@H](O)C1(F)F)Oc1cccc2ccccc12. The number of aliphatic hydroxyl groups excluding tert-OH is 1. The lowest BCUT2D eigenvalue weighted by molar-refractivity contribution is -0.241. The van der Waals surface area contributed by atoms with Crippen molar-refractivity contribution >= 4 is 41.6 Å². The molecule has 1 saturated heterocycles. The topological polar surface area (TPSA) is 193 Å². The summed E-state index contributed by atoms with van der Waals surface area (Å²) in [6, 6.07) is 9.76. The van der Waals surface area contributed by atoms with Crippen LogP contribution in [0.15, 0.2) is 53.6 Å². The van der Waals surface area contributed by atoms with E-state index in [-0.39, 0.29) is 5.75 Å². The predicted molar refractivity (Wildman–Crippen MR) is 154 cm³/mol. The maximum absolute atomic E-state index is 15.7. The van der Waals surface area contributed by atoms with Gasteiger partial charge in [0.1, 0.15) is 11.8 Å². The number of nitrogens with zero attached hydrogens (tertiary/aromatic N) is 3. The third kappa shape index (κ3) is 5.93. The van der Waals surface area contributed by atoms with Crippen molar-refractivity contribution in [1.82, 2.24) is 24.6 Å². The van der Waals surface area contributed by atoms with Crippen molar-refractivity contribution in [3.8, 4) is 5.75 Å². The normalized spacial score (nSPS) is 23.2. The minimum atomic E-state index is -5.01. The summed E-state index contributed by atoms with van der Waals surface area (Å²) in [6.45, 7) is 2.48. The summed E-state index contributed by atoms with van der Waals surface area (Å²) in [5, 5.41) is 13.9. The van der Waals surface area contributed by atoms with Gasteiger partial charge in [0.25, 0.3) is 12.0 Å². The minimum absolute atomic E-state index is 0.0970. The van der Waals surface area contributed by atoms with Crippen LogP contribution < -0.4 is 20.9 Å². The molecule has 2 aromatic heterocycles. The zero-order valence-corrected chi connectivity index (χ0v) is 25.3. The Morgan fingerprint density at radius 3 is 2.61 bits per heavy atom. The summed E-state index contributed by atoms with van der Waals surface area (Å²) < 4.78 is 96.8. The molecule has 46 heavy (non-hydrogen) atoms. The second kappa shape index (κ2) is 12.3. The fourth-order valence-electron chi connectivity index (χ4n) is 4.82. The quantitative estimate of drug-likeness (QED) is 0.103. The average molecular weight is 673 g/mol. The van der Waals surface area contributed by atoms with E-state index < -0.39 is 85.4 Å². The van der Waals surface area contributed by atoms with E-state index in [0.717, 1.165) is 6.33 Å². The molecule has 0 bridgehead atoms. The van der Waals surface area contributed by atoms with E-state index >= 15 is 8.78 Å². The number of hydrogen-bond acceptors (Lipinski definition) is 11. The van der Waals surface area contributed by atoms with Gasteiger partial charge < -0.3 is 24.8 Å². The van der Waals surface area contributed by atoms with Gasteiger partial charge in [-0.3, -0.25) is 23.7 Å². The van der Waals surface area contributed by atoms with Gasteiger partial charge in [-0.2, -0.15) is 18.9 Å². The van der Waals surface area contributed by atoms with Crippen LogP contribution in [0.25, 0.3) is 21.9 Å². The number of aliphatic hydroxyl groups is 1. The Morgan fingerprint density at radius 1 is 1.22 bits per heavy atom. The van der Waals surface area contributed by atoms with Crippen LogP contribution >= 0.6 is 7.75 Å². The zero-order valence-electron chi connectivity index (χ0n) is 24.4. The molecule has 19 heteroatoms. The van der Waals surface area contributed by atoms with Crippen LogP contribution in [0.4, 0.5) is 23.5 Å². The maximum atomic E-state index is 15.7. The Kier molecular flexibility index (Phi) is 8.87. The number of carbonyl (C=O) groups excluding carboxylic acids is 1. The second-order valence-corrected chi connectivity index (χ2v) is 12.4. The molecular formula is C27H29F4N6O8P. The van der Waals surface area contributed by atoms with Gasteiger partial charge in [-0.05, 0) is 32.2 Å². The lowest BCUT2D eigenvalue weighted by atomic mass is 9.95. The molecular weight excluding hydrogens is 643 g/mol. The number of nitrogen functional groups attached to an aromatic ring is 1. The van der Waals surface area contributed by atoms with Crippen molar-refractivity contribution in [1.29, 1.82) is 0 Å². The summed E-state index contributed by atoms with van der Waals surface area (Å²) in [4.78, 5) is 34.4. The van der Waals surface area contributed by atoms with Crippen LogP contribution in [0, 0.1) is 0 Å². The number of esters is 1. The smallest absolute Gasteiger partial charge is 0.459 e. The first-order valence-corrected chi connectivity index (χ1v) is 15.3. The van der Waals surface area contributed by atoms with Crippen LogP contribution in [0.5, 0.6) is 5.75 Å². The number of H-pyrrole nitrogens is 1. The number of fused-ring (bicyclic) bond motifs is 2. The van der Waals surface area contributed by atoms with Gasteiger partial charge in [0.15, 0.2) is 23.5 Å². The molecule has 5 atom stereocenters. The van der Waals surface area contributed by atoms with Crippen LogP contribution in [-0.4, -0.2) is 73.4 Å². The standard InChI is InChI=1S/C27H29F4N6O8P/c1-13(2)43-23(40)14(3)36-46(41,45-17-10-6-8-15-7-4-5-9-16(15)17)42-11-26(24(28)29)27(30,31)19(38)22(44-26)37-12-33-18-20(37)34-25(32)35-21(18)39/h4-10,12-14,19,22,24,38H,11H2,1-3H3,(H,36,41)(H3,32,34,35,39)/t14-,19-,22+,26-,46?/m0/s1. The number of nitrogens with two attached hydrogens (primary N) is 1. The van der Waals surface area contributed by atoms with Gasteiger partial charge in [-0.25, -0.2) is 18.3 Å². The molecule has 5 rings (SSSR count). The number of aromatic amines is 1. The van der Waals surface area contributed by atoms with Crippen LogP contribution in [0.1, 0.15) is 27.0 Å². The van der Waals surface area contributed by atoms with Crippen molar-refractivity contribution in [2.45, 2.75) is 63.2 Å². The first-order valence-electron chi connectivity index (χ1n) is 13.7. The van der Waals surface area contributed by atoms with Gasteiger partial charge in [-0.15, -0.1) is 0 Å². The third-order valence-corrected chi connectivity index (χ3v) is 8.70. The fourth-order valence-corrected chi connectivity index (χ4v) is 6.36. The monoisotopic (exact) mass is 672 g/mol. The van der Waals surface area contributed by atoms with E-state index in [9.17, 15) is 28.0 Å². The molecule has 248 valence electrons. The highest BCUT2D eigenvalue weighted by Crippen LogP contribution is 2.55. The number of nitrogens with one attached hydrogen (secondary N) is 2. The van der Waals surface area contributed by atoms with Crippen LogP contribution in [-0.2, 0) is 23.4 Å². The number of benzene rings is 2. The molecule has 0 spiro atoms. The van der Waals surface area contributed by atoms with Gasteiger partial charge in [0, 0.05) is 5.39 Å². The van der Waals surface area contributed by atoms with E-state index in [0.29, 0.717) is 15.3 Å². The summed E-state index contributed by atoms with van der Waals surface area (Å²) in [5.74, 6) is -6.26. The van der Waals surface area contributed by atoms with Gasteiger partial charge >= 0.3 is 19.6 Å². The largest absolute Gasteiger partial charge is 0.462 e. The van der Waals surface area contributed by atoms with Gasteiger partial charge in [-0.1, -0.05) is 36.4 Å². The molecule has 4 aromatic rings. The van der Waals surface area contributed by atoms with Crippen LogP contribution in [0.3, 0.4) is 0 Å². The summed E-state index contributed by atoms with van der Waals surface area (Å²) in [6.07, 6.45) is -9.15. The number of rotatable bonds is 11. The molecule has 5 N–H and O–H groups in total. The Bertz CT molecular complexity index is 1870. The van der Waals surface area contributed by atoms with E-state index in [2.05, 4.69) is 20.0 Å². The zero-order chi connectivity index (χ0) is 33.6. The number of aromatic nitrogens is 4. The molecule has 3 heterocycles. The minimum Gasteiger partial charge on any atom is -0.462 e. The van der Waals surface area contributed by atoms with Crippen molar-refractivity contribution in [3.63, 3.8) is 0 Å². The average Bonchev–Trinajstić information content (AvgIpc) is 3.48. The first-order chi connectivity index (χ1) is 21.6. The van der Waals surface area contributed by atoms with Crippen molar-refractivity contribution in [3.05, 3.63) is 59.1 Å². The molecule has 1 aliphatic heterocycles. The lowest BCUT2D eigenvalue weighted by Gasteiger charge is -2.34. The highest BCUT2D eigenvalue weighted by Gasteiger charge is 2.74. The van der Waals surface area contributed by atoms with Crippen molar-refractivity contribution < 1.29 is 50.5 Å². The number of imidazole rings is 1. The molecule has 0 radical (unpaired) electrons. The van der Waals surface area contributed by atoms with E-state index in [1.54, 1.807) is 44.2 Å². The number of ether oxygens (including phenoxy) is 2. The number of carbonyl (C=O) groups is 1. The molecule has 1 unspecified atom stereocenters. The maximum Gasteiger partial charge on any atom is 0.459 e. The second-order valence-electron chi connectivity index (χ2n) is 10.7. The molecule has 0 saturated carbocycles. The third-order valence-electron chi connectivity index (χ3n) is 7.09. The molecule has 14 nitrogen and oxygen atoms in total. The molecule has 0 amide bonds. The van der Waals surface area contributed by atoms with Crippen molar-refractivity contribution in [2.24, 2.45) is 0 Å². The molecule has 1 aliphatic rings. The van der Waals surface area contributed by atoms with Crippen molar-refractivity contribution in [2.75, 3.05) is 12.3 Å². The fraction of sp³-hybridized carbons (Fsp3) is 0.407. The highest BCUT2D eigenvalue weighted by molar-refractivity contribution is 7.52. The summed E-state index contributed by atoms with van der Waals surface area (Å²) >= 11 is 0. The van der Waals surface area contributed by atoms with Crippen LogP contribution in [0.2, 0.25) is 0 Å². The predicted octanol–water partition coefficient (Wildman–Crippen LogP) is 3.52. The number of alkyl halides is 4. The summed E-state index contributed by atoms with van der Waals surface area (Å²) in [5.41, 5.74) is -0.126.